The molecular weight excluding hydrogens is 218 g/mol. The Morgan fingerprint density at radius 2 is 2.12 bits per heavy atom. The molecule has 94 valence electrons. The van der Waals surface area contributed by atoms with Gasteiger partial charge >= 0.3 is 5.97 Å². The first-order valence-corrected chi connectivity index (χ1v) is 5.90. The number of hydrogen-bond donors (Lipinski definition) is 1. The van der Waals surface area contributed by atoms with E-state index in [2.05, 4.69) is 35.9 Å². The van der Waals surface area contributed by atoms with Crippen molar-refractivity contribution in [3.05, 3.63) is 17.8 Å². The van der Waals surface area contributed by atoms with Gasteiger partial charge in [0.2, 0.25) is 0 Å². The number of aromatic carboxylic acids is 1. The van der Waals surface area contributed by atoms with Crippen molar-refractivity contribution in [2.45, 2.75) is 27.2 Å². The molecule has 0 saturated carbocycles. The molecule has 1 heterocycles. The fourth-order valence-corrected chi connectivity index (χ4v) is 1.50. The van der Waals surface area contributed by atoms with Crippen LogP contribution >= 0.6 is 0 Å². The normalized spacial score (nSPS) is 12.2. The molecule has 5 heteroatoms. The first-order valence-electron chi connectivity index (χ1n) is 5.90. The van der Waals surface area contributed by atoms with Gasteiger partial charge in [-0.15, -0.1) is 10.2 Å². The first kappa shape index (κ1) is 13.4. The number of nitrogens with zero attached hydrogens (tertiary/aromatic N) is 3. The van der Waals surface area contributed by atoms with E-state index in [-0.39, 0.29) is 5.69 Å². The Morgan fingerprint density at radius 3 is 2.53 bits per heavy atom. The summed E-state index contributed by atoms with van der Waals surface area (Å²) in [6.45, 7) is 8.13. The molecule has 0 aliphatic rings. The fraction of sp³-hybridized carbons (Fsp3) is 0.583. The standard InChI is InChI=1S/C12H19N3O2/c1-4-9(3)8-15(5-2)11-7-6-10(12(16)17)13-14-11/h6-7,9H,4-5,8H2,1-3H3,(H,16,17). The molecule has 1 unspecified atom stereocenters. The van der Waals surface area contributed by atoms with Crippen molar-refractivity contribution in [1.29, 1.82) is 0 Å². The van der Waals surface area contributed by atoms with Crippen LogP contribution in [0, 0.1) is 5.92 Å². The highest BCUT2D eigenvalue weighted by atomic mass is 16.4. The van der Waals surface area contributed by atoms with Crippen LogP contribution in [-0.4, -0.2) is 34.4 Å². The summed E-state index contributed by atoms with van der Waals surface area (Å²) in [4.78, 5) is 12.8. The third kappa shape index (κ3) is 3.69. The maximum Gasteiger partial charge on any atom is 0.356 e. The highest BCUT2D eigenvalue weighted by Gasteiger charge is 2.11. The van der Waals surface area contributed by atoms with Gasteiger partial charge in [0.1, 0.15) is 0 Å². The second-order valence-corrected chi connectivity index (χ2v) is 4.13. The van der Waals surface area contributed by atoms with E-state index in [1.165, 1.54) is 6.07 Å². The van der Waals surface area contributed by atoms with Crippen LogP contribution in [0.25, 0.3) is 0 Å². The molecule has 1 aromatic rings. The Balaban J connectivity index is 2.78. The fourth-order valence-electron chi connectivity index (χ4n) is 1.50. The highest BCUT2D eigenvalue weighted by molar-refractivity contribution is 5.85. The number of carboxylic acid groups (broad SMARTS) is 1. The van der Waals surface area contributed by atoms with E-state index in [0.717, 1.165) is 25.3 Å². The van der Waals surface area contributed by atoms with Crippen molar-refractivity contribution in [2.24, 2.45) is 5.92 Å². The molecule has 17 heavy (non-hydrogen) atoms. The van der Waals surface area contributed by atoms with Crippen molar-refractivity contribution in [1.82, 2.24) is 10.2 Å². The predicted molar refractivity (Wildman–Crippen MR) is 66.3 cm³/mol. The lowest BCUT2D eigenvalue weighted by Crippen LogP contribution is -2.29. The summed E-state index contributed by atoms with van der Waals surface area (Å²) in [6, 6.07) is 3.20. The van der Waals surface area contributed by atoms with Crippen LogP contribution in [0.5, 0.6) is 0 Å². The van der Waals surface area contributed by atoms with Gasteiger partial charge in [0.15, 0.2) is 11.5 Å². The van der Waals surface area contributed by atoms with E-state index in [1.807, 2.05) is 0 Å². The zero-order chi connectivity index (χ0) is 12.8. The number of anilines is 1. The minimum Gasteiger partial charge on any atom is -0.476 e. The van der Waals surface area contributed by atoms with Crippen molar-refractivity contribution in [3.63, 3.8) is 0 Å². The van der Waals surface area contributed by atoms with Gasteiger partial charge in [-0.3, -0.25) is 0 Å². The third-order valence-corrected chi connectivity index (χ3v) is 2.80. The van der Waals surface area contributed by atoms with Gasteiger partial charge in [-0.05, 0) is 25.0 Å². The van der Waals surface area contributed by atoms with E-state index in [0.29, 0.717) is 5.92 Å². The quantitative estimate of drug-likeness (QED) is 0.820. The van der Waals surface area contributed by atoms with Gasteiger partial charge in [-0.2, -0.15) is 0 Å². The van der Waals surface area contributed by atoms with Crippen molar-refractivity contribution in [3.8, 4) is 0 Å². The number of carbonyl (C=O) groups is 1. The summed E-state index contributed by atoms with van der Waals surface area (Å²) in [6.07, 6.45) is 1.11. The number of carboxylic acids is 1. The van der Waals surface area contributed by atoms with E-state index in [4.69, 9.17) is 5.11 Å². The van der Waals surface area contributed by atoms with Gasteiger partial charge in [0.25, 0.3) is 0 Å². The molecule has 0 saturated heterocycles. The van der Waals surface area contributed by atoms with Gasteiger partial charge < -0.3 is 10.0 Å². The maximum absolute atomic E-state index is 10.7. The summed E-state index contributed by atoms with van der Waals surface area (Å²) in [5, 5.41) is 16.4. The van der Waals surface area contributed by atoms with Crippen LogP contribution in [0.15, 0.2) is 12.1 Å². The Labute approximate surface area is 101 Å². The van der Waals surface area contributed by atoms with Crippen LogP contribution in [0.3, 0.4) is 0 Å². The second kappa shape index (κ2) is 6.18. The highest BCUT2D eigenvalue weighted by Crippen LogP contribution is 2.13. The van der Waals surface area contributed by atoms with Crippen LogP contribution in [0.2, 0.25) is 0 Å². The summed E-state index contributed by atoms with van der Waals surface area (Å²) < 4.78 is 0. The third-order valence-electron chi connectivity index (χ3n) is 2.80. The molecule has 0 radical (unpaired) electrons. The van der Waals surface area contributed by atoms with E-state index >= 15 is 0 Å². The van der Waals surface area contributed by atoms with E-state index < -0.39 is 5.97 Å². The second-order valence-electron chi connectivity index (χ2n) is 4.13. The Hall–Kier alpha value is -1.65. The lowest BCUT2D eigenvalue weighted by molar-refractivity contribution is 0.0689. The van der Waals surface area contributed by atoms with Crippen LogP contribution < -0.4 is 4.90 Å². The lowest BCUT2D eigenvalue weighted by Gasteiger charge is -2.24. The van der Waals surface area contributed by atoms with Crippen LogP contribution in [0.1, 0.15) is 37.7 Å². The van der Waals surface area contributed by atoms with Crippen molar-refractivity contribution < 1.29 is 9.90 Å². The van der Waals surface area contributed by atoms with Gasteiger partial charge in [-0.1, -0.05) is 20.3 Å². The summed E-state index contributed by atoms with van der Waals surface area (Å²) in [7, 11) is 0. The van der Waals surface area contributed by atoms with Crippen molar-refractivity contribution in [2.75, 3.05) is 18.0 Å². The molecular formula is C12H19N3O2. The minimum absolute atomic E-state index is 0.0201. The minimum atomic E-state index is -1.05. The van der Waals surface area contributed by atoms with Gasteiger partial charge in [0, 0.05) is 13.1 Å². The average Bonchev–Trinajstić information content (AvgIpc) is 2.35. The van der Waals surface area contributed by atoms with Crippen LogP contribution in [-0.2, 0) is 0 Å². The molecule has 0 aliphatic heterocycles. The van der Waals surface area contributed by atoms with Crippen molar-refractivity contribution >= 4 is 11.8 Å². The number of hydrogen-bond acceptors (Lipinski definition) is 4. The molecule has 0 spiro atoms. The van der Waals surface area contributed by atoms with Gasteiger partial charge in [-0.25, -0.2) is 4.79 Å². The van der Waals surface area contributed by atoms with Crippen LogP contribution in [0.4, 0.5) is 5.82 Å². The molecule has 0 fully saturated rings. The predicted octanol–water partition coefficient (Wildman–Crippen LogP) is 2.05. The van der Waals surface area contributed by atoms with Gasteiger partial charge in [0.05, 0.1) is 0 Å². The molecule has 0 aromatic carbocycles. The molecule has 1 aromatic heterocycles. The monoisotopic (exact) mass is 237 g/mol. The molecule has 0 bridgehead atoms. The summed E-state index contributed by atoms with van der Waals surface area (Å²) in [5.74, 6) is 0.266. The molecule has 0 amide bonds. The molecule has 1 rings (SSSR count). The Morgan fingerprint density at radius 1 is 1.41 bits per heavy atom. The maximum atomic E-state index is 10.7. The molecule has 0 aliphatic carbocycles. The Kier molecular flexibility index (Phi) is 4.87. The number of aromatic nitrogens is 2. The summed E-state index contributed by atoms with van der Waals surface area (Å²) >= 11 is 0. The smallest absolute Gasteiger partial charge is 0.356 e. The largest absolute Gasteiger partial charge is 0.476 e. The first-order chi connectivity index (χ1) is 8.08. The lowest BCUT2D eigenvalue weighted by atomic mass is 10.1. The molecule has 1 atom stereocenters. The zero-order valence-electron chi connectivity index (χ0n) is 10.6. The van der Waals surface area contributed by atoms with E-state index in [9.17, 15) is 4.79 Å². The number of rotatable bonds is 6. The van der Waals surface area contributed by atoms with E-state index in [1.54, 1.807) is 6.07 Å². The summed E-state index contributed by atoms with van der Waals surface area (Å²) in [5.41, 5.74) is -0.0201. The topological polar surface area (TPSA) is 66.3 Å². The zero-order valence-corrected chi connectivity index (χ0v) is 10.6. The Bertz CT molecular complexity index is 365. The molecule has 1 N–H and O–H groups in total. The molecule has 5 nitrogen and oxygen atoms in total. The average molecular weight is 237 g/mol. The SMILES string of the molecule is CCC(C)CN(CC)c1ccc(C(=O)O)nn1.